The van der Waals surface area contributed by atoms with Gasteiger partial charge in [-0.25, -0.2) is 9.78 Å². The molecule has 8 heteroatoms. The van der Waals surface area contributed by atoms with Crippen molar-refractivity contribution in [2.45, 2.75) is 58.5 Å². The third-order valence-corrected chi connectivity index (χ3v) is 5.69. The molecule has 1 fully saturated rings. The van der Waals surface area contributed by atoms with E-state index in [0.29, 0.717) is 11.6 Å². The molecular formula is C21H25ClN4O3. The Morgan fingerprint density at radius 3 is 2.59 bits per heavy atom. The largest absolute Gasteiger partial charge is 0.478 e. The van der Waals surface area contributed by atoms with Crippen molar-refractivity contribution < 1.29 is 14.7 Å². The first-order valence-electron chi connectivity index (χ1n) is 9.70. The zero-order chi connectivity index (χ0) is 21.1. The van der Waals surface area contributed by atoms with Crippen molar-refractivity contribution in [3.8, 4) is 0 Å². The second kappa shape index (κ2) is 8.78. The molecule has 1 atom stereocenters. The van der Waals surface area contributed by atoms with E-state index in [1.54, 1.807) is 19.2 Å². The first kappa shape index (κ1) is 21.0. The highest BCUT2D eigenvalue weighted by atomic mass is 35.5. The average molecular weight is 417 g/mol. The number of hydrogen-bond donors (Lipinski definition) is 2. The molecule has 3 rings (SSSR count). The summed E-state index contributed by atoms with van der Waals surface area (Å²) in [6.07, 6.45) is 6.08. The highest BCUT2D eigenvalue weighted by Crippen LogP contribution is 2.32. The van der Waals surface area contributed by atoms with Gasteiger partial charge in [-0.15, -0.1) is 0 Å². The molecule has 0 bridgehead atoms. The number of nitrogens with zero attached hydrogens (tertiary/aromatic N) is 3. The van der Waals surface area contributed by atoms with Crippen molar-refractivity contribution in [1.29, 1.82) is 0 Å². The molecule has 154 valence electrons. The molecule has 0 spiro atoms. The molecule has 1 heterocycles. The predicted octanol–water partition coefficient (Wildman–Crippen LogP) is 4.61. The minimum atomic E-state index is -1.04. The first-order chi connectivity index (χ1) is 13.8. The van der Waals surface area contributed by atoms with Crippen molar-refractivity contribution in [3.05, 3.63) is 40.5 Å². The fraction of sp³-hybridized carbons (Fsp3) is 0.429. The van der Waals surface area contributed by atoms with Crippen LogP contribution in [0.25, 0.3) is 0 Å². The van der Waals surface area contributed by atoms with E-state index in [-0.39, 0.29) is 28.5 Å². The predicted molar refractivity (Wildman–Crippen MR) is 113 cm³/mol. The summed E-state index contributed by atoms with van der Waals surface area (Å²) in [5.74, 6) is 0.124. The molecule has 0 unspecified atom stereocenters. The average Bonchev–Trinajstić information content (AvgIpc) is 3.20. The Morgan fingerprint density at radius 2 is 2.00 bits per heavy atom. The number of aryl methyl sites for hydroxylation is 1. The Bertz CT molecular complexity index is 928. The quantitative estimate of drug-likeness (QED) is 0.680. The van der Waals surface area contributed by atoms with Crippen LogP contribution in [0.3, 0.4) is 0 Å². The third kappa shape index (κ3) is 4.67. The van der Waals surface area contributed by atoms with Crippen LogP contribution < -0.4 is 10.2 Å². The van der Waals surface area contributed by atoms with Crippen LogP contribution in [-0.2, 0) is 4.79 Å². The smallest absolute Gasteiger partial charge is 0.335 e. The zero-order valence-corrected chi connectivity index (χ0v) is 17.5. The van der Waals surface area contributed by atoms with E-state index in [0.717, 1.165) is 37.1 Å². The number of aromatic carboxylic acids is 1. The van der Waals surface area contributed by atoms with Crippen molar-refractivity contribution >= 4 is 40.8 Å². The number of carbonyl (C=O) groups excluding carboxylic acids is 1. The number of benzene rings is 1. The third-order valence-electron chi connectivity index (χ3n) is 5.38. The normalized spacial score (nSPS) is 15.2. The van der Waals surface area contributed by atoms with E-state index in [1.165, 1.54) is 12.1 Å². The molecule has 7 nitrogen and oxygen atoms in total. The maximum atomic E-state index is 12.2. The van der Waals surface area contributed by atoms with Gasteiger partial charge in [0, 0.05) is 17.8 Å². The second-order valence-electron chi connectivity index (χ2n) is 7.46. The van der Waals surface area contributed by atoms with Crippen LogP contribution >= 0.6 is 11.6 Å². The Morgan fingerprint density at radius 1 is 1.31 bits per heavy atom. The van der Waals surface area contributed by atoms with E-state index in [2.05, 4.69) is 15.2 Å². The molecule has 0 saturated heterocycles. The molecule has 0 radical (unpaired) electrons. The Labute approximate surface area is 175 Å². The second-order valence-corrected chi connectivity index (χ2v) is 7.86. The maximum Gasteiger partial charge on any atom is 0.335 e. The maximum absolute atomic E-state index is 12.2. The van der Waals surface area contributed by atoms with Crippen molar-refractivity contribution in [3.63, 3.8) is 0 Å². The number of Topliss-reactive ketones (excluding diaryl/α,β-unsaturated/α-hetero) is 1. The van der Waals surface area contributed by atoms with Crippen molar-refractivity contribution in [2.24, 2.45) is 0 Å². The lowest BCUT2D eigenvalue weighted by Gasteiger charge is -2.35. The Hall–Kier alpha value is -2.67. The van der Waals surface area contributed by atoms with Gasteiger partial charge in [-0.05, 0) is 51.8 Å². The summed E-state index contributed by atoms with van der Waals surface area (Å²) in [6, 6.07) is 4.42. The number of rotatable bonds is 7. The molecule has 1 saturated carbocycles. The van der Waals surface area contributed by atoms with Crippen molar-refractivity contribution in [2.75, 3.05) is 10.2 Å². The number of carboxylic acid groups (broad SMARTS) is 1. The van der Waals surface area contributed by atoms with Gasteiger partial charge in [-0.1, -0.05) is 24.4 Å². The van der Waals surface area contributed by atoms with Crippen LogP contribution in [0.4, 0.5) is 17.5 Å². The van der Waals surface area contributed by atoms with Crippen LogP contribution in [0, 0.1) is 6.92 Å². The van der Waals surface area contributed by atoms with Gasteiger partial charge in [0.05, 0.1) is 22.3 Å². The SMILES string of the molecule is CC(=O)[C@@H](C)N(c1nc(Nc2ccc(C(=O)O)cc2Cl)ncc1C)C1CCCC1. The fourth-order valence-electron chi connectivity index (χ4n) is 3.68. The standard InChI is InChI=1S/C21H25ClN4O3/c1-12-11-23-21(24-18-9-8-15(20(28)29)10-17(18)22)25-19(12)26(13(2)14(3)27)16-6-4-5-7-16/h8-11,13,16H,4-7H2,1-3H3,(H,28,29)(H,23,24,25)/t13-/m1/s1. The Balaban J connectivity index is 1.94. The van der Waals surface area contributed by atoms with E-state index >= 15 is 0 Å². The molecule has 1 aromatic heterocycles. The lowest BCUT2D eigenvalue weighted by molar-refractivity contribution is -0.118. The summed E-state index contributed by atoms with van der Waals surface area (Å²) in [7, 11) is 0. The minimum absolute atomic E-state index is 0.0942. The number of halogens is 1. The van der Waals surface area contributed by atoms with E-state index in [1.807, 2.05) is 13.8 Å². The highest BCUT2D eigenvalue weighted by Gasteiger charge is 2.31. The monoisotopic (exact) mass is 416 g/mol. The van der Waals surface area contributed by atoms with E-state index in [4.69, 9.17) is 21.7 Å². The number of hydrogen-bond acceptors (Lipinski definition) is 6. The number of carboxylic acids is 1. The summed E-state index contributed by atoms with van der Waals surface area (Å²) >= 11 is 6.22. The van der Waals surface area contributed by atoms with Gasteiger partial charge in [0.2, 0.25) is 5.95 Å². The van der Waals surface area contributed by atoms with Crippen LogP contribution in [-0.4, -0.2) is 38.9 Å². The van der Waals surface area contributed by atoms with Crippen LogP contribution in [0.15, 0.2) is 24.4 Å². The van der Waals surface area contributed by atoms with Crippen molar-refractivity contribution in [1.82, 2.24) is 9.97 Å². The number of aromatic nitrogens is 2. The van der Waals surface area contributed by atoms with Gasteiger partial charge in [0.15, 0.2) is 5.78 Å². The molecule has 1 aliphatic rings. The lowest BCUT2D eigenvalue weighted by atomic mass is 10.1. The lowest BCUT2D eigenvalue weighted by Crippen LogP contribution is -2.45. The first-order valence-corrected chi connectivity index (χ1v) is 10.1. The van der Waals surface area contributed by atoms with Gasteiger partial charge >= 0.3 is 5.97 Å². The summed E-state index contributed by atoms with van der Waals surface area (Å²) in [4.78, 5) is 34.4. The summed E-state index contributed by atoms with van der Waals surface area (Å²) in [6.45, 7) is 5.45. The van der Waals surface area contributed by atoms with Gasteiger partial charge in [-0.3, -0.25) is 4.79 Å². The Kier molecular flexibility index (Phi) is 6.37. The van der Waals surface area contributed by atoms with E-state index in [9.17, 15) is 9.59 Å². The minimum Gasteiger partial charge on any atom is -0.478 e. The molecule has 1 aromatic carbocycles. The van der Waals surface area contributed by atoms with Gasteiger partial charge in [0.1, 0.15) is 5.82 Å². The fourth-order valence-corrected chi connectivity index (χ4v) is 3.90. The van der Waals surface area contributed by atoms with Crippen LogP contribution in [0.2, 0.25) is 5.02 Å². The number of nitrogens with one attached hydrogen (secondary N) is 1. The molecule has 1 aliphatic carbocycles. The molecule has 2 N–H and O–H groups in total. The summed E-state index contributed by atoms with van der Waals surface area (Å²) in [5, 5.41) is 12.4. The molecular weight excluding hydrogens is 392 g/mol. The highest BCUT2D eigenvalue weighted by molar-refractivity contribution is 6.33. The molecule has 29 heavy (non-hydrogen) atoms. The molecule has 0 amide bonds. The van der Waals surface area contributed by atoms with Gasteiger partial charge in [-0.2, -0.15) is 4.98 Å². The van der Waals surface area contributed by atoms with Gasteiger partial charge < -0.3 is 15.3 Å². The number of anilines is 3. The number of ketones is 1. The summed E-state index contributed by atoms with van der Waals surface area (Å²) < 4.78 is 0. The topological polar surface area (TPSA) is 95.4 Å². The van der Waals surface area contributed by atoms with E-state index < -0.39 is 5.97 Å². The zero-order valence-electron chi connectivity index (χ0n) is 16.8. The molecule has 0 aliphatic heterocycles. The summed E-state index contributed by atoms with van der Waals surface area (Å²) in [5.41, 5.74) is 1.51. The van der Waals surface area contributed by atoms with Gasteiger partial charge in [0.25, 0.3) is 0 Å². The molecule has 2 aromatic rings. The van der Waals surface area contributed by atoms with Crippen LogP contribution in [0.1, 0.15) is 55.5 Å². The number of carbonyl (C=O) groups is 2. The van der Waals surface area contributed by atoms with Crippen LogP contribution in [0.5, 0.6) is 0 Å².